The lowest BCUT2D eigenvalue weighted by Crippen LogP contribution is -2.60. The number of carboxylic acids is 2. The molecular formula is C26H32N4O8. The molecule has 0 aromatic heterocycles. The van der Waals surface area contributed by atoms with Crippen LogP contribution in [0.4, 0.5) is 5.69 Å². The Labute approximate surface area is 219 Å². The molecule has 0 spiro atoms. The highest BCUT2D eigenvalue weighted by molar-refractivity contribution is 5.91. The van der Waals surface area contributed by atoms with Gasteiger partial charge in [-0.25, -0.2) is 9.59 Å². The number of hydrogen-bond acceptors (Lipinski definition) is 7. The zero-order valence-electron chi connectivity index (χ0n) is 21.5. The van der Waals surface area contributed by atoms with Gasteiger partial charge in [0.25, 0.3) is 5.69 Å². The monoisotopic (exact) mass is 528 g/mol. The molecule has 2 aromatic rings. The maximum Gasteiger partial charge on any atom is 0.335 e. The average molecular weight is 529 g/mol. The molecule has 1 aliphatic heterocycles. The van der Waals surface area contributed by atoms with Gasteiger partial charge >= 0.3 is 11.9 Å². The SMILES string of the molecule is CCc1cc(CC(=O)N2CCN(C(C)(C)C(N)=O)CC2)cc([N+](=O)[O-])c1.O=C(O)c1ccc(C(=O)O)cc1. The van der Waals surface area contributed by atoms with Gasteiger partial charge in [-0.05, 0) is 55.7 Å². The molecule has 12 nitrogen and oxygen atoms in total. The van der Waals surface area contributed by atoms with E-state index in [-0.39, 0.29) is 35.0 Å². The van der Waals surface area contributed by atoms with E-state index < -0.39 is 22.4 Å². The molecule has 2 aromatic carbocycles. The van der Waals surface area contributed by atoms with E-state index in [2.05, 4.69) is 0 Å². The number of piperazine rings is 1. The van der Waals surface area contributed by atoms with Crippen LogP contribution in [0.15, 0.2) is 42.5 Å². The van der Waals surface area contributed by atoms with Gasteiger partial charge in [0, 0.05) is 38.3 Å². The minimum Gasteiger partial charge on any atom is -0.478 e. The summed E-state index contributed by atoms with van der Waals surface area (Å²) in [5.41, 5.74) is 6.38. The van der Waals surface area contributed by atoms with E-state index in [9.17, 15) is 29.3 Å². The number of carbonyl (C=O) groups excluding carboxylic acids is 2. The molecular weight excluding hydrogens is 496 g/mol. The minimum atomic E-state index is -1.06. The van der Waals surface area contributed by atoms with Crippen molar-refractivity contribution in [3.05, 3.63) is 74.8 Å². The lowest BCUT2D eigenvalue weighted by Gasteiger charge is -2.42. The van der Waals surface area contributed by atoms with Gasteiger partial charge in [-0.3, -0.25) is 24.6 Å². The third-order valence-electron chi connectivity index (χ3n) is 6.42. The second-order valence-corrected chi connectivity index (χ2v) is 9.27. The standard InChI is InChI=1S/C18H26N4O4.C8H6O4/c1-4-13-9-14(11-15(10-13)22(25)26)12-16(23)20-5-7-21(8-6-20)18(2,3)17(19)24;9-7(10)5-1-2-6(4-3-5)8(11)12/h9-11H,4-8,12H2,1-3H3,(H2,19,24);1-4H,(H,9,10)(H,11,12). The van der Waals surface area contributed by atoms with E-state index in [0.717, 1.165) is 5.56 Å². The Morgan fingerprint density at radius 1 is 0.921 bits per heavy atom. The van der Waals surface area contributed by atoms with Crippen molar-refractivity contribution in [3.63, 3.8) is 0 Å². The molecule has 204 valence electrons. The maximum absolute atomic E-state index is 12.6. The predicted molar refractivity (Wildman–Crippen MR) is 138 cm³/mol. The molecule has 1 saturated heterocycles. The third-order valence-corrected chi connectivity index (χ3v) is 6.42. The van der Waals surface area contributed by atoms with E-state index in [1.54, 1.807) is 24.8 Å². The van der Waals surface area contributed by atoms with Crippen LogP contribution in [-0.2, 0) is 22.4 Å². The number of carbonyl (C=O) groups is 4. The van der Waals surface area contributed by atoms with Crippen molar-refractivity contribution in [2.45, 2.75) is 39.2 Å². The van der Waals surface area contributed by atoms with Crippen LogP contribution in [0.25, 0.3) is 0 Å². The van der Waals surface area contributed by atoms with Gasteiger partial charge in [-0.2, -0.15) is 0 Å². The summed E-state index contributed by atoms with van der Waals surface area (Å²) in [5.74, 6) is -2.58. The second kappa shape index (κ2) is 12.8. The topological polar surface area (TPSA) is 184 Å². The molecule has 12 heteroatoms. The number of benzene rings is 2. The number of aryl methyl sites for hydroxylation is 1. The Hall–Kier alpha value is -4.32. The fourth-order valence-electron chi connectivity index (χ4n) is 3.87. The number of nitro benzene ring substituents is 1. The van der Waals surface area contributed by atoms with E-state index in [4.69, 9.17) is 15.9 Å². The first kappa shape index (κ1) is 29.9. The molecule has 1 fully saturated rings. The number of non-ortho nitro benzene ring substituents is 1. The van der Waals surface area contributed by atoms with Crippen LogP contribution in [0, 0.1) is 10.1 Å². The zero-order valence-corrected chi connectivity index (χ0v) is 21.5. The van der Waals surface area contributed by atoms with E-state index in [1.807, 2.05) is 17.9 Å². The Balaban J connectivity index is 0.000000352. The number of rotatable bonds is 8. The smallest absolute Gasteiger partial charge is 0.335 e. The van der Waals surface area contributed by atoms with Crippen LogP contribution in [0.5, 0.6) is 0 Å². The number of nitrogens with zero attached hydrogens (tertiary/aromatic N) is 3. The van der Waals surface area contributed by atoms with Crippen LogP contribution in [-0.4, -0.2) is 80.4 Å². The summed E-state index contributed by atoms with van der Waals surface area (Å²) < 4.78 is 0. The van der Waals surface area contributed by atoms with E-state index >= 15 is 0 Å². The highest BCUT2D eigenvalue weighted by Crippen LogP contribution is 2.20. The number of nitrogens with two attached hydrogens (primary N) is 1. The fraction of sp³-hybridized carbons (Fsp3) is 0.385. The van der Waals surface area contributed by atoms with Crippen molar-refractivity contribution in [2.75, 3.05) is 26.2 Å². The highest BCUT2D eigenvalue weighted by Gasteiger charge is 2.35. The van der Waals surface area contributed by atoms with Crippen molar-refractivity contribution in [1.29, 1.82) is 0 Å². The molecule has 2 amide bonds. The van der Waals surface area contributed by atoms with E-state index in [1.165, 1.54) is 30.3 Å². The Bertz CT molecular complexity index is 1170. The first-order valence-corrected chi connectivity index (χ1v) is 11.9. The third kappa shape index (κ3) is 7.84. The van der Waals surface area contributed by atoms with Crippen molar-refractivity contribution >= 4 is 29.4 Å². The van der Waals surface area contributed by atoms with Crippen molar-refractivity contribution < 1.29 is 34.3 Å². The van der Waals surface area contributed by atoms with E-state index in [0.29, 0.717) is 38.2 Å². The Morgan fingerprint density at radius 2 is 1.39 bits per heavy atom. The quantitative estimate of drug-likeness (QED) is 0.341. The van der Waals surface area contributed by atoms with Crippen LogP contribution in [0.3, 0.4) is 0 Å². The molecule has 0 bridgehead atoms. The first-order chi connectivity index (χ1) is 17.8. The summed E-state index contributed by atoms with van der Waals surface area (Å²) >= 11 is 0. The van der Waals surface area contributed by atoms with Gasteiger partial charge in [0.15, 0.2) is 0 Å². The lowest BCUT2D eigenvalue weighted by molar-refractivity contribution is -0.385. The minimum absolute atomic E-state index is 0.0141. The first-order valence-electron chi connectivity index (χ1n) is 11.9. The number of hydrogen-bond donors (Lipinski definition) is 3. The zero-order chi connectivity index (χ0) is 28.6. The average Bonchev–Trinajstić information content (AvgIpc) is 2.88. The number of aromatic carboxylic acids is 2. The van der Waals surface area contributed by atoms with Gasteiger partial charge < -0.3 is 20.8 Å². The highest BCUT2D eigenvalue weighted by atomic mass is 16.6. The number of nitro groups is 1. The molecule has 0 atom stereocenters. The molecule has 0 radical (unpaired) electrons. The molecule has 0 saturated carbocycles. The van der Waals surface area contributed by atoms with Gasteiger partial charge in [0.2, 0.25) is 11.8 Å². The Kier molecular flexibility index (Phi) is 10.1. The summed E-state index contributed by atoms with van der Waals surface area (Å²) in [6.07, 6.45) is 0.803. The lowest BCUT2D eigenvalue weighted by atomic mass is 10.0. The normalized spacial score (nSPS) is 13.7. The molecule has 3 rings (SSSR count). The van der Waals surface area contributed by atoms with Crippen LogP contribution < -0.4 is 5.73 Å². The summed E-state index contributed by atoms with van der Waals surface area (Å²) in [7, 11) is 0. The number of carboxylic acid groups (broad SMARTS) is 2. The predicted octanol–water partition coefficient (Wildman–Crippen LogP) is 2.19. The van der Waals surface area contributed by atoms with Crippen LogP contribution in [0.2, 0.25) is 0 Å². The van der Waals surface area contributed by atoms with Crippen molar-refractivity contribution in [3.8, 4) is 0 Å². The van der Waals surface area contributed by atoms with Gasteiger partial charge in [-0.15, -0.1) is 0 Å². The fourth-order valence-corrected chi connectivity index (χ4v) is 3.87. The molecule has 1 aliphatic rings. The Morgan fingerprint density at radius 3 is 1.79 bits per heavy atom. The molecule has 0 unspecified atom stereocenters. The second-order valence-electron chi connectivity index (χ2n) is 9.27. The van der Waals surface area contributed by atoms with Gasteiger partial charge in [-0.1, -0.05) is 13.0 Å². The van der Waals surface area contributed by atoms with Crippen molar-refractivity contribution in [1.82, 2.24) is 9.80 Å². The van der Waals surface area contributed by atoms with Crippen LogP contribution in [0.1, 0.15) is 52.6 Å². The van der Waals surface area contributed by atoms with Gasteiger partial charge in [0.1, 0.15) is 0 Å². The summed E-state index contributed by atoms with van der Waals surface area (Å²) in [6, 6.07) is 9.87. The van der Waals surface area contributed by atoms with Crippen LogP contribution >= 0.6 is 0 Å². The molecule has 38 heavy (non-hydrogen) atoms. The molecule has 1 heterocycles. The number of primary amides is 1. The van der Waals surface area contributed by atoms with Gasteiger partial charge in [0.05, 0.1) is 28.0 Å². The molecule has 4 N–H and O–H groups in total. The largest absolute Gasteiger partial charge is 0.478 e. The number of amides is 2. The summed E-state index contributed by atoms with van der Waals surface area (Å²) in [6.45, 7) is 7.62. The van der Waals surface area contributed by atoms with Crippen molar-refractivity contribution in [2.24, 2.45) is 5.73 Å². The summed E-state index contributed by atoms with van der Waals surface area (Å²) in [4.78, 5) is 59.2. The maximum atomic E-state index is 12.6. The molecule has 0 aliphatic carbocycles. The summed E-state index contributed by atoms with van der Waals surface area (Å²) in [5, 5.41) is 28.0.